The van der Waals surface area contributed by atoms with Crippen molar-refractivity contribution in [2.24, 2.45) is 11.3 Å². The Balaban J connectivity index is 1.87. The van der Waals surface area contributed by atoms with Crippen molar-refractivity contribution in [1.82, 2.24) is 5.32 Å². The highest BCUT2D eigenvalue weighted by Crippen LogP contribution is 2.40. The van der Waals surface area contributed by atoms with Crippen LogP contribution in [0, 0.1) is 22.7 Å². The summed E-state index contributed by atoms with van der Waals surface area (Å²) in [6.07, 6.45) is 4.43. The molecule has 2 rings (SSSR count). The van der Waals surface area contributed by atoms with Crippen molar-refractivity contribution in [2.75, 3.05) is 13.2 Å². The zero-order chi connectivity index (χ0) is 12.3. The highest BCUT2D eigenvalue weighted by atomic mass is 16.5. The van der Waals surface area contributed by atoms with Crippen molar-refractivity contribution in [3.05, 3.63) is 0 Å². The molecule has 1 aliphatic heterocycles. The number of nitrogens with zero attached hydrogens (tertiary/aromatic N) is 1. The summed E-state index contributed by atoms with van der Waals surface area (Å²) in [6.45, 7) is 3.61. The highest BCUT2D eigenvalue weighted by Gasteiger charge is 2.45. The predicted octanol–water partition coefficient (Wildman–Crippen LogP) is 1.61. The average Bonchev–Trinajstić information content (AvgIpc) is 2.29. The van der Waals surface area contributed by atoms with E-state index in [0.29, 0.717) is 5.92 Å². The van der Waals surface area contributed by atoms with Gasteiger partial charge in [0.1, 0.15) is 5.41 Å². The van der Waals surface area contributed by atoms with E-state index in [4.69, 9.17) is 10.00 Å². The topological polar surface area (TPSA) is 62.1 Å². The highest BCUT2D eigenvalue weighted by molar-refractivity contribution is 5.86. The van der Waals surface area contributed by atoms with Gasteiger partial charge < -0.3 is 10.1 Å². The number of amides is 1. The summed E-state index contributed by atoms with van der Waals surface area (Å²) in [4.78, 5) is 12.1. The third-order valence-electron chi connectivity index (χ3n) is 4.19. The number of hydrogen-bond donors (Lipinski definition) is 1. The lowest BCUT2D eigenvalue weighted by Crippen LogP contribution is -2.50. The molecule has 4 heteroatoms. The molecule has 1 saturated heterocycles. The Morgan fingerprint density at radius 3 is 2.59 bits per heavy atom. The molecule has 94 valence electrons. The molecule has 0 spiro atoms. The van der Waals surface area contributed by atoms with Gasteiger partial charge in [0.2, 0.25) is 5.91 Å². The molecule has 2 fully saturated rings. The van der Waals surface area contributed by atoms with Crippen LogP contribution < -0.4 is 5.32 Å². The molecule has 1 unspecified atom stereocenters. The van der Waals surface area contributed by atoms with Gasteiger partial charge in [0, 0.05) is 19.3 Å². The van der Waals surface area contributed by atoms with Crippen molar-refractivity contribution in [2.45, 2.75) is 45.1 Å². The fraction of sp³-hybridized carbons (Fsp3) is 0.846. The van der Waals surface area contributed by atoms with E-state index < -0.39 is 5.41 Å². The second-order valence-electron chi connectivity index (χ2n) is 5.26. The van der Waals surface area contributed by atoms with Crippen LogP contribution >= 0.6 is 0 Å². The number of carbonyl (C=O) groups excluding carboxylic acids is 1. The Labute approximate surface area is 102 Å². The molecule has 0 bridgehead atoms. The molecule has 4 nitrogen and oxygen atoms in total. The lowest BCUT2D eigenvalue weighted by atomic mass is 9.69. The molecular formula is C13H20N2O2. The first-order valence-electron chi connectivity index (χ1n) is 6.48. The minimum Gasteiger partial charge on any atom is -0.381 e. The Kier molecular flexibility index (Phi) is 3.68. The van der Waals surface area contributed by atoms with Crippen molar-refractivity contribution in [1.29, 1.82) is 5.26 Å². The van der Waals surface area contributed by atoms with Crippen LogP contribution in [0.15, 0.2) is 0 Å². The Morgan fingerprint density at radius 1 is 1.47 bits per heavy atom. The first kappa shape index (κ1) is 12.4. The first-order valence-corrected chi connectivity index (χ1v) is 6.48. The average molecular weight is 236 g/mol. The van der Waals surface area contributed by atoms with Gasteiger partial charge in [-0.15, -0.1) is 0 Å². The molecule has 1 N–H and O–H groups in total. The summed E-state index contributed by atoms with van der Waals surface area (Å²) in [5.41, 5.74) is -0.723. The van der Waals surface area contributed by atoms with Crippen molar-refractivity contribution in [3.8, 4) is 6.07 Å². The fourth-order valence-corrected chi connectivity index (χ4v) is 2.60. The van der Waals surface area contributed by atoms with Gasteiger partial charge >= 0.3 is 0 Å². The lowest BCUT2D eigenvalue weighted by Gasteiger charge is -2.36. The molecule has 1 aliphatic carbocycles. The van der Waals surface area contributed by atoms with Crippen LogP contribution in [0.3, 0.4) is 0 Å². The van der Waals surface area contributed by atoms with Gasteiger partial charge in [-0.25, -0.2) is 0 Å². The van der Waals surface area contributed by atoms with Crippen molar-refractivity contribution >= 4 is 5.91 Å². The van der Waals surface area contributed by atoms with Crippen LogP contribution in [0.5, 0.6) is 0 Å². The number of nitriles is 1. The monoisotopic (exact) mass is 236 g/mol. The Bertz CT molecular complexity index is 325. The largest absolute Gasteiger partial charge is 0.381 e. The van der Waals surface area contributed by atoms with Crippen LogP contribution in [0.25, 0.3) is 0 Å². The molecule has 2 aliphatic rings. The van der Waals surface area contributed by atoms with E-state index in [0.717, 1.165) is 45.3 Å². The third kappa shape index (κ3) is 2.44. The summed E-state index contributed by atoms with van der Waals surface area (Å²) >= 11 is 0. The molecule has 0 aromatic heterocycles. The second-order valence-corrected chi connectivity index (χ2v) is 5.26. The van der Waals surface area contributed by atoms with Gasteiger partial charge in [-0.3, -0.25) is 4.79 Å². The molecule has 0 radical (unpaired) electrons. The predicted molar refractivity (Wildman–Crippen MR) is 63.0 cm³/mol. The standard InChI is InChI=1S/C13H20N2O2/c1-10(11-3-7-17-8-4-11)15-12(16)13(9-14)5-2-6-13/h10-11H,2-8H2,1H3,(H,15,16). The zero-order valence-corrected chi connectivity index (χ0v) is 10.4. The summed E-state index contributed by atoms with van der Waals surface area (Å²) in [5, 5.41) is 12.1. The summed E-state index contributed by atoms with van der Waals surface area (Å²) in [5.74, 6) is 0.425. The maximum atomic E-state index is 12.1. The minimum atomic E-state index is -0.723. The molecule has 0 aromatic rings. The van der Waals surface area contributed by atoms with Gasteiger partial charge in [-0.2, -0.15) is 5.26 Å². The number of hydrogen-bond acceptors (Lipinski definition) is 3. The second kappa shape index (κ2) is 5.05. The lowest BCUT2D eigenvalue weighted by molar-refractivity contribution is -0.133. The SMILES string of the molecule is CC(NC(=O)C1(C#N)CCC1)C1CCOCC1. The van der Waals surface area contributed by atoms with Gasteiger partial charge in [0.15, 0.2) is 0 Å². The van der Waals surface area contributed by atoms with Crippen LogP contribution in [-0.2, 0) is 9.53 Å². The molecule has 0 aromatic carbocycles. The van der Waals surface area contributed by atoms with Gasteiger partial charge in [0.25, 0.3) is 0 Å². The Morgan fingerprint density at radius 2 is 2.12 bits per heavy atom. The Hall–Kier alpha value is -1.08. The maximum Gasteiger partial charge on any atom is 0.240 e. The molecule has 1 saturated carbocycles. The fourth-order valence-electron chi connectivity index (χ4n) is 2.60. The summed E-state index contributed by atoms with van der Waals surface area (Å²) < 4.78 is 5.31. The smallest absolute Gasteiger partial charge is 0.240 e. The van der Waals surface area contributed by atoms with E-state index in [9.17, 15) is 4.79 Å². The third-order valence-corrected chi connectivity index (χ3v) is 4.19. The number of carbonyl (C=O) groups is 1. The number of rotatable bonds is 3. The van der Waals surface area contributed by atoms with Crippen LogP contribution in [0.2, 0.25) is 0 Å². The normalized spacial score (nSPS) is 25.4. The van der Waals surface area contributed by atoms with Crippen LogP contribution in [-0.4, -0.2) is 25.2 Å². The van der Waals surface area contributed by atoms with Gasteiger partial charge in [-0.05, 0) is 44.9 Å². The van der Waals surface area contributed by atoms with Crippen LogP contribution in [0.4, 0.5) is 0 Å². The molecule has 1 atom stereocenters. The zero-order valence-electron chi connectivity index (χ0n) is 10.4. The van der Waals surface area contributed by atoms with E-state index in [-0.39, 0.29) is 11.9 Å². The quantitative estimate of drug-likeness (QED) is 0.809. The van der Waals surface area contributed by atoms with E-state index in [1.54, 1.807) is 0 Å². The van der Waals surface area contributed by atoms with E-state index in [1.165, 1.54) is 0 Å². The molecule has 17 heavy (non-hydrogen) atoms. The first-order chi connectivity index (χ1) is 8.18. The van der Waals surface area contributed by atoms with Gasteiger partial charge in [0.05, 0.1) is 6.07 Å². The van der Waals surface area contributed by atoms with Gasteiger partial charge in [-0.1, -0.05) is 0 Å². The summed E-state index contributed by atoms with van der Waals surface area (Å²) in [7, 11) is 0. The van der Waals surface area contributed by atoms with Crippen molar-refractivity contribution < 1.29 is 9.53 Å². The van der Waals surface area contributed by atoms with Crippen molar-refractivity contribution in [3.63, 3.8) is 0 Å². The summed E-state index contributed by atoms with van der Waals surface area (Å²) in [6, 6.07) is 2.34. The van der Waals surface area contributed by atoms with E-state index >= 15 is 0 Å². The molecule has 1 heterocycles. The molecule has 1 amide bonds. The van der Waals surface area contributed by atoms with E-state index in [2.05, 4.69) is 11.4 Å². The minimum absolute atomic E-state index is 0.0646. The maximum absolute atomic E-state index is 12.1. The number of ether oxygens (including phenoxy) is 1. The van der Waals surface area contributed by atoms with Crippen LogP contribution in [0.1, 0.15) is 39.0 Å². The van der Waals surface area contributed by atoms with E-state index in [1.807, 2.05) is 6.92 Å². The number of nitrogens with one attached hydrogen (secondary N) is 1. The molecular weight excluding hydrogens is 216 g/mol.